The van der Waals surface area contributed by atoms with Crippen LogP contribution < -0.4 is 9.47 Å². The van der Waals surface area contributed by atoms with E-state index in [2.05, 4.69) is 0 Å². The average molecular weight is 408 g/mol. The zero-order chi connectivity index (χ0) is 21.2. The van der Waals surface area contributed by atoms with E-state index in [1.807, 2.05) is 0 Å². The van der Waals surface area contributed by atoms with E-state index < -0.39 is 42.5 Å². The van der Waals surface area contributed by atoms with Crippen LogP contribution in [0.2, 0.25) is 0 Å². The molecule has 1 aromatic carbocycles. The number of hydrogen-bond acceptors (Lipinski definition) is 8. The van der Waals surface area contributed by atoms with E-state index >= 15 is 0 Å². The van der Waals surface area contributed by atoms with Gasteiger partial charge in [-0.25, -0.2) is 4.79 Å². The summed E-state index contributed by atoms with van der Waals surface area (Å²) >= 11 is 0. The molecule has 2 heterocycles. The molecule has 2 aliphatic rings. The van der Waals surface area contributed by atoms with Gasteiger partial charge in [0.15, 0.2) is 11.9 Å². The van der Waals surface area contributed by atoms with Crippen LogP contribution in [0, 0.1) is 0 Å². The van der Waals surface area contributed by atoms with Gasteiger partial charge in [0.2, 0.25) is 6.29 Å². The van der Waals surface area contributed by atoms with E-state index in [0.717, 1.165) is 0 Å². The highest BCUT2D eigenvalue weighted by Gasteiger charge is 2.53. The largest absolute Gasteiger partial charge is 0.497 e. The highest BCUT2D eigenvalue weighted by molar-refractivity contribution is 5.87. The predicted molar refractivity (Wildman–Crippen MR) is 103 cm³/mol. The lowest BCUT2D eigenvalue weighted by Crippen LogP contribution is -2.66. The number of fused-ring (bicyclic) bond motifs is 1. The molecule has 3 rings (SSSR count). The molecule has 8 nitrogen and oxygen atoms in total. The van der Waals surface area contributed by atoms with Gasteiger partial charge in [-0.3, -0.25) is 0 Å². The molecule has 0 spiro atoms. The van der Waals surface area contributed by atoms with Crippen molar-refractivity contribution in [1.82, 2.24) is 0 Å². The molecule has 29 heavy (non-hydrogen) atoms. The second kappa shape index (κ2) is 8.71. The molecule has 5 atom stereocenters. The first-order chi connectivity index (χ1) is 13.7. The molecule has 2 aliphatic heterocycles. The molecule has 2 saturated heterocycles. The van der Waals surface area contributed by atoms with Gasteiger partial charge >= 0.3 is 5.97 Å². The molecule has 0 amide bonds. The Bertz CT molecular complexity index is 742. The quantitative estimate of drug-likeness (QED) is 0.586. The van der Waals surface area contributed by atoms with Crippen LogP contribution in [0.4, 0.5) is 0 Å². The van der Waals surface area contributed by atoms with E-state index in [1.165, 1.54) is 0 Å². The van der Waals surface area contributed by atoms with Crippen LogP contribution in [0.1, 0.15) is 27.7 Å². The Kier molecular flexibility index (Phi) is 6.48. The Morgan fingerprint density at radius 1 is 1.24 bits per heavy atom. The number of allylic oxidation sites excluding steroid dienone is 1. The first kappa shape index (κ1) is 21.6. The second-order valence-corrected chi connectivity index (χ2v) is 7.46. The first-order valence-electron chi connectivity index (χ1n) is 9.54. The summed E-state index contributed by atoms with van der Waals surface area (Å²) in [6.45, 7) is 7.08. The van der Waals surface area contributed by atoms with Crippen molar-refractivity contribution < 1.29 is 38.3 Å². The zero-order valence-corrected chi connectivity index (χ0v) is 17.3. The minimum Gasteiger partial charge on any atom is -0.497 e. The van der Waals surface area contributed by atoms with Crippen LogP contribution in [-0.2, 0) is 23.7 Å². The number of rotatable bonds is 5. The summed E-state index contributed by atoms with van der Waals surface area (Å²) in [7, 11) is 1.57. The van der Waals surface area contributed by atoms with Crippen molar-refractivity contribution in [3.63, 3.8) is 0 Å². The van der Waals surface area contributed by atoms with Gasteiger partial charge in [-0.1, -0.05) is 6.08 Å². The van der Waals surface area contributed by atoms with Crippen molar-refractivity contribution in [2.75, 3.05) is 13.7 Å². The third-order valence-electron chi connectivity index (χ3n) is 4.94. The topological polar surface area (TPSA) is 92.7 Å². The Morgan fingerprint density at radius 2 is 1.90 bits per heavy atom. The third kappa shape index (κ3) is 4.90. The number of carbonyl (C=O) groups is 1. The lowest BCUT2D eigenvalue weighted by Gasteiger charge is -2.49. The van der Waals surface area contributed by atoms with Crippen LogP contribution >= 0.6 is 0 Å². The van der Waals surface area contributed by atoms with Crippen molar-refractivity contribution in [3.8, 4) is 11.5 Å². The van der Waals surface area contributed by atoms with Gasteiger partial charge in [0, 0.05) is 5.57 Å². The van der Waals surface area contributed by atoms with Crippen molar-refractivity contribution in [1.29, 1.82) is 0 Å². The molecular weight excluding hydrogens is 380 g/mol. The predicted octanol–water partition coefficient (Wildman–Crippen LogP) is 2.19. The molecule has 0 unspecified atom stereocenters. The fraction of sp³-hybridized carbons (Fsp3) is 0.571. The second-order valence-electron chi connectivity index (χ2n) is 7.46. The van der Waals surface area contributed by atoms with Gasteiger partial charge < -0.3 is 33.5 Å². The average Bonchev–Trinajstić information content (AvgIpc) is 2.71. The standard InChI is InChI=1S/C21H28O8/c1-6-12(2)19(23)28-18-16(22)17-15(11-25-21(3,4)29-17)27-20(18)26-14-9-7-13(24-5)8-10-14/h6-10,15-18,20,22H,11H2,1-5H3/b12-6+/t15-,16+,17-,18-,20-/m1/s1. The van der Waals surface area contributed by atoms with Crippen molar-refractivity contribution >= 4 is 5.97 Å². The minimum atomic E-state index is -1.16. The van der Waals surface area contributed by atoms with Crippen molar-refractivity contribution in [2.24, 2.45) is 0 Å². The zero-order valence-electron chi connectivity index (χ0n) is 17.3. The van der Waals surface area contributed by atoms with Gasteiger partial charge in [-0.15, -0.1) is 0 Å². The molecular formula is C21H28O8. The number of ether oxygens (including phenoxy) is 6. The number of benzene rings is 1. The normalized spacial score (nSPS) is 31.5. The van der Waals surface area contributed by atoms with Crippen LogP contribution in [0.25, 0.3) is 0 Å². The molecule has 2 fully saturated rings. The van der Waals surface area contributed by atoms with Gasteiger partial charge in [0.05, 0.1) is 13.7 Å². The number of aliphatic hydroxyl groups is 1. The Labute approximate surface area is 170 Å². The summed E-state index contributed by atoms with van der Waals surface area (Å²) in [6.07, 6.45) is -2.95. The molecule has 0 bridgehead atoms. The molecule has 1 N–H and O–H groups in total. The van der Waals surface area contributed by atoms with E-state index in [0.29, 0.717) is 17.1 Å². The number of esters is 1. The summed E-state index contributed by atoms with van der Waals surface area (Å²) in [5.41, 5.74) is 0.413. The summed E-state index contributed by atoms with van der Waals surface area (Å²) < 4.78 is 34.1. The van der Waals surface area contributed by atoms with Crippen LogP contribution in [-0.4, -0.2) is 61.3 Å². The number of hydrogen-bond donors (Lipinski definition) is 1. The maximum atomic E-state index is 12.4. The fourth-order valence-corrected chi connectivity index (χ4v) is 3.16. The SMILES string of the molecule is C/C=C(\C)C(=O)O[C@H]1[C@H](Oc2ccc(OC)cc2)O[C@@H]2COC(C)(C)O[C@H]2[C@@H]1O. The molecule has 0 saturated carbocycles. The number of carbonyl (C=O) groups excluding carboxylic acids is 1. The van der Waals surface area contributed by atoms with Crippen molar-refractivity contribution in [3.05, 3.63) is 35.9 Å². The Hall–Kier alpha value is -2.13. The van der Waals surface area contributed by atoms with Gasteiger partial charge in [0.1, 0.15) is 29.8 Å². The lowest BCUT2D eigenvalue weighted by atomic mass is 9.97. The Balaban J connectivity index is 1.83. The number of methoxy groups -OCH3 is 1. The van der Waals surface area contributed by atoms with Gasteiger partial charge in [0.25, 0.3) is 0 Å². The van der Waals surface area contributed by atoms with Gasteiger partial charge in [-0.05, 0) is 52.0 Å². The lowest BCUT2D eigenvalue weighted by molar-refractivity contribution is -0.373. The van der Waals surface area contributed by atoms with E-state index in [4.69, 9.17) is 28.4 Å². The monoisotopic (exact) mass is 408 g/mol. The Morgan fingerprint density at radius 3 is 2.52 bits per heavy atom. The summed E-state index contributed by atoms with van der Waals surface area (Å²) in [5.74, 6) is -0.301. The fourth-order valence-electron chi connectivity index (χ4n) is 3.16. The third-order valence-corrected chi connectivity index (χ3v) is 4.94. The summed E-state index contributed by atoms with van der Waals surface area (Å²) in [4.78, 5) is 12.4. The van der Waals surface area contributed by atoms with Crippen LogP contribution in [0.3, 0.4) is 0 Å². The first-order valence-corrected chi connectivity index (χ1v) is 9.54. The summed E-state index contributed by atoms with van der Waals surface area (Å²) in [5, 5.41) is 11.0. The highest BCUT2D eigenvalue weighted by atomic mass is 16.8. The van der Waals surface area contributed by atoms with Crippen LogP contribution in [0.15, 0.2) is 35.9 Å². The van der Waals surface area contributed by atoms with Crippen molar-refractivity contribution in [2.45, 2.75) is 64.2 Å². The molecule has 0 aromatic heterocycles. The molecule has 0 radical (unpaired) electrons. The maximum absolute atomic E-state index is 12.4. The smallest absolute Gasteiger partial charge is 0.333 e. The number of aliphatic hydroxyl groups excluding tert-OH is 1. The minimum absolute atomic E-state index is 0.214. The summed E-state index contributed by atoms with van der Waals surface area (Å²) in [6, 6.07) is 6.87. The highest BCUT2D eigenvalue weighted by Crippen LogP contribution is 2.34. The van der Waals surface area contributed by atoms with Crippen LogP contribution in [0.5, 0.6) is 11.5 Å². The van der Waals surface area contributed by atoms with E-state index in [1.54, 1.807) is 65.1 Å². The molecule has 0 aliphatic carbocycles. The maximum Gasteiger partial charge on any atom is 0.333 e. The van der Waals surface area contributed by atoms with Gasteiger partial charge in [-0.2, -0.15) is 0 Å². The molecule has 160 valence electrons. The molecule has 8 heteroatoms. The molecule has 1 aromatic rings. The van der Waals surface area contributed by atoms with E-state index in [9.17, 15) is 9.90 Å². The van der Waals surface area contributed by atoms with E-state index in [-0.39, 0.29) is 6.61 Å².